The van der Waals surface area contributed by atoms with Crippen molar-refractivity contribution in [2.24, 2.45) is 0 Å². The van der Waals surface area contributed by atoms with Gasteiger partial charge in [0, 0.05) is 17.2 Å². The normalized spacial score (nSPS) is 10.5. The summed E-state index contributed by atoms with van der Waals surface area (Å²) in [6.07, 6.45) is 0. The number of nitrogens with zero attached hydrogens (tertiary/aromatic N) is 2. The molecule has 0 unspecified atom stereocenters. The maximum Gasteiger partial charge on any atom is 0.257 e. The SMILES string of the molecule is COc1cc(OC)c(NC(=O)c2ccc(-c3nc(C)no3)cc2)cc1Cl. The van der Waals surface area contributed by atoms with Crippen LogP contribution in [0.25, 0.3) is 11.5 Å². The van der Waals surface area contributed by atoms with Crippen molar-refractivity contribution in [3.63, 3.8) is 0 Å². The highest BCUT2D eigenvalue weighted by atomic mass is 35.5. The summed E-state index contributed by atoms with van der Waals surface area (Å²) in [4.78, 5) is 16.7. The molecule has 8 heteroatoms. The van der Waals surface area contributed by atoms with Crippen LogP contribution in [0, 0.1) is 6.92 Å². The number of benzene rings is 2. The van der Waals surface area contributed by atoms with Crippen molar-refractivity contribution in [3.8, 4) is 23.0 Å². The largest absolute Gasteiger partial charge is 0.495 e. The molecule has 1 aromatic heterocycles. The van der Waals surface area contributed by atoms with Crippen molar-refractivity contribution in [2.75, 3.05) is 19.5 Å². The first kappa shape index (κ1) is 17.8. The third-order valence-corrected chi connectivity index (χ3v) is 3.94. The molecule has 1 amide bonds. The summed E-state index contributed by atoms with van der Waals surface area (Å²) in [5, 5.41) is 6.89. The van der Waals surface area contributed by atoms with E-state index in [2.05, 4.69) is 15.5 Å². The van der Waals surface area contributed by atoms with Crippen LogP contribution in [0.3, 0.4) is 0 Å². The Morgan fingerprint density at radius 1 is 1.12 bits per heavy atom. The topological polar surface area (TPSA) is 86.5 Å². The Kier molecular flexibility index (Phi) is 5.09. The lowest BCUT2D eigenvalue weighted by Gasteiger charge is -2.13. The van der Waals surface area contributed by atoms with Crippen LogP contribution in [0.4, 0.5) is 5.69 Å². The Bertz CT molecular complexity index is 938. The molecule has 7 nitrogen and oxygen atoms in total. The van der Waals surface area contributed by atoms with Crippen LogP contribution >= 0.6 is 11.6 Å². The zero-order valence-corrected chi connectivity index (χ0v) is 15.1. The summed E-state index contributed by atoms with van der Waals surface area (Å²) in [6, 6.07) is 10.00. The molecule has 0 atom stereocenters. The van der Waals surface area contributed by atoms with Crippen LogP contribution < -0.4 is 14.8 Å². The molecule has 2 aromatic carbocycles. The zero-order valence-electron chi connectivity index (χ0n) is 14.4. The standard InChI is InChI=1S/C18H16ClN3O4/c1-10-20-18(26-22-10)12-6-4-11(5-7-12)17(23)21-14-8-13(19)15(24-2)9-16(14)25-3/h4-9H,1-3H3,(H,21,23). The first-order valence-electron chi connectivity index (χ1n) is 7.65. The molecule has 0 radical (unpaired) electrons. The number of anilines is 1. The van der Waals surface area contributed by atoms with Crippen LogP contribution in [0.5, 0.6) is 11.5 Å². The molecule has 1 N–H and O–H groups in total. The summed E-state index contributed by atoms with van der Waals surface area (Å²) >= 11 is 6.12. The van der Waals surface area contributed by atoms with Gasteiger partial charge in [-0.15, -0.1) is 0 Å². The minimum absolute atomic E-state index is 0.308. The van der Waals surface area contributed by atoms with E-state index < -0.39 is 0 Å². The summed E-state index contributed by atoms with van der Waals surface area (Å²) in [5.74, 6) is 1.54. The number of aryl methyl sites for hydroxylation is 1. The lowest BCUT2D eigenvalue weighted by molar-refractivity contribution is 0.102. The van der Waals surface area contributed by atoms with Gasteiger partial charge in [0.15, 0.2) is 5.82 Å². The molecule has 3 rings (SSSR count). The molecule has 0 saturated carbocycles. The Morgan fingerprint density at radius 2 is 1.81 bits per heavy atom. The molecule has 134 valence electrons. The Hall–Kier alpha value is -3.06. The highest BCUT2D eigenvalue weighted by Crippen LogP contribution is 2.36. The van der Waals surface area contributed by atoms with Crippen LogP contribution in [-0.2, 0) is 0 Å². The van der Waals surface area contributed by atoms with E-state index >= 15 is 0 Å². The van der Waals surface area contributed by atoms with Crippen LogP contribution in [-0.4, -0.2) is 30.3 Å². The van der Waals surface area contributed by atoms with Crippen molar-refractivity contribution in [1.82, 2.24) is 10.1 Å². The molecule has 26 heavy (non-hydrogen) atoms. The van der Waals surface area contributed by atoms with E-state index in [1.165, 1.54) is 14.2 Å². The molecule has 0 aliphatic heterocycles. The van der Waals surface area contributed by atoms with Gasteiger partial charge in [0.05, 0.1) is 24.9 Å². The van der Waals surface area contributed by atoms with Gasteiger partial charge in [-0.05, 0) is 37.3 Å². The lowest BCUT2D eigenvalue weighted by atomic mass is 10.1. The molecule has 3 aromatic rings. The third kappa shape index (κ3) is 3.62. The van der Waals surface area contributed by atoms with E-state index in [9.17, 15) is 4.79 Å². The Morgan fingerprint density at radius 3 is 2.38 bits per heavy atom. The van der Waals surface area contributed by atoms with Gasteiger partial charge in [0.1, 0.15) is 11.5 Å². The maximum atomic E-state index is 12.5. The van der Waals surface area contributed by atoms with Crippen LogP contribution in [0.15, 0.2) is 40.9 Å². The van der Waals surface area contributed by atoms with E-state index in [-0.39, 0.29) is 5.91 Å². The fraction of sp³-hybridized carbons (Fsp3) is 0.167. The molecule has 0 fully saturated rings. The van der Waals surface area contributed by atoms with Crippen molar-refractivity contribution < 1.29 is 18.8 Å². The molecule has 0 bridgehead atoms. The predicted molar refractivity (Wildman–Crippen MR) is 97.0 cm³/mol. The van der Waals surface area contributed by atoms with Gasteiger partial charge >= 0.3 is 0 Å². The van der Waals surface area contributed by atoms with Gasteiger partial charge in [-0.25, -0.2) is 0 Å². The monoisotopic (exact) mass is 373 g/mol. The number of rotatable bonds is 5. The number of amides is 1. The average molecular weight is 374 g/mol. The summed E-state index contributed by atoms with van der Waals surface area (Å²) in [7, 11) is 3.00. The number of halogens is 1. The molecule has 0 spiro atoms. The quantitative estimate of drug-likeness (QED) is 0.728. The number of carbonyl (C=O) groups excluding carboxylic acids is 1. The minimum Gasteiger partial charge on any atom is -0.495 e. The molecule has 0 saturated heterocycles. The highest BCUT2D eigenvalue weighted by molar-refractivity contribution is 6.32. The third-order valence-electron chi connectivity index (χ3n) is 3.64. The zero-order chi connectivity index (χ0) is 18.7. The molecular weight excluding hydrogens is 358 g/mol. The highest BCUT2D eigenvalue weighted by Gasteiger charge is 2.14. The number of aromatic nitrogens is 2. The van der Waals surface area contributed by atoms with Gasteiger partial charge in [0.25, 0.3) is 11.8 Å². The van der Waals surface area contributed by atoms with E-state index in [0.717, 1.165) is 5.56 Å². The van der Waals surface area contributed by atoms with Gasteiger partial charge in [-0.3, -0.25) is 4.79 Å². The number of hydrogen-bond donors (Lipinski definition) is 1. The molecule has 1 heterocycles. The van der Waals surface area contributed by atoms with Gasteiger partial charge in [-0.2, -0.15) is 4.98 Å². The fourth-order valence-corrected chi connectivity index (χ4v) is 2.57. The van der Waals surface area contributed by atoms with Gasteiger partial charge in [0.2, 0.25) is 0 Å². The van der Waals surface area contributed by atoms with E-state index in [4.69, 9.17) is 25.6 Å². The van der Waals surface area contributed by atoms with Crippen molar-refractivity contribution >= 4 is 23.2 Å². The van der Waals surface area contributed by atoms with Crippen LogP contribution in [0.1, 0.15) is 16.2 Å². The van der Waals surface area contributed by atoms with Crippen molar-refractivity contribution in [3.05, 3.63) is 52.8 Å². The number of carbonyl (C=O) groups is 1. The van der Waals surface area contributed by atoms with Crippen molar-refractivity contribution in [1.29, 1.82) is 0 Å². The number of nitrogens with one attached hydrogen (secondary N) is 1. The second-order valence-corrected chi connectivity index (χ2v) is 5.77. The Labute approximate surface area is 154 Å². The first-order valence-corrected chi connectivity index (χ1v) is 8.03. The first-order chi connectivity index (χ1) is 12.5. The summed E-state index contributed by atoms with van der Waals surface area (Å²) in [5.41, 5.74) is 1.63. The fourth-order valence-electron chi connectivity index (χ4n) is 2.33. The average Bonchev–Trinajstić information content (AvgIpc) is 3.08. The maximum absolute atomic E-state index is 12.5. The summed E-state index contributed by atoms with van der Waals surface area (Å²) < 4.78 is 15.5. The molecule has 0 aliphatic rings. The van der Waals surface area contributed by atoms with E-state index in [1.807, 2.05) is 0 Å². The second-order valence-electron chi connectivity index (χ2n) is 5.37. The number of ether oxygens (including phenoxy) is 2. The minimum atomic E-state index is -0.308. The van der Waals surface area contributed by atoms with E-state index in [1.54, 1.807) is 43.3 Å². The predicted octanol–water partition coefficient (Wildman–Crippen LogP) is 3.97. The van der Waals surface area contributed by atoms with Crippen LogP contribution in [0.2, 0.25) is 5.02 Å². The number of methoxy groups -OCH3 is 2. The molecular formula is C18H16ClN3O4. The van der Waals surface area contributed by atoms with Gasteiger partial charge in [-0.1, -0.05) is 16.8 Å². The van der Waals surface area contributed by atoms with E-state index in [0.29, 0.717) is 39.5 Å². The van der Waals surface area contributed by atoms with Gasteiger partial charge < -0.3 is 19.3 Å². The smallest absolute Gasteiger partial charge is 0.257 e. The molecule has 0 aliphatic carbocycles. The van der Waals surface area contributed by atoms with Crippen molar-refractivity contribution in [2.45, 2.75) is 6.92 Å². The lowest BCUT2D eigenvalue weighted by Crippen LogP contribution is -2.12. The summed E-state index contributed by atoms with van der Waals surface area (Å²) in [6.45, 7) is 1.74. The second kappa shape index (κ2) is 7.45. The Balaban J connectivity index is 1.81. The number of hydrogen-bond acceptors (Lipinski definition) is 6.